The van der Waals surface area contributed by atoms with Gasteiger partial charge in [0, 0.05) is 22.8 Å². The van der Waals surface area contributed by atoms with Crippen molar-refractivity contribution in [2.24, 2.45) is 40.8 Å². The van der Waals surface area contributed by atoms with Crippen LogP contribution in [-0.2, 0) is 33.0 Å². The quantitative estimate of drug-likeness (QED) is 0.159. The van der Waals surface area contributed by atoms with Gasteiger partial charge >= 0.3 is 33.0 Å². The van der Waals surface area contributed by atoms with Crippen LogP contribution in [0.25, 0.3) is 21.3 Å². The topological polar surface area (TPSA) is 236 Å². The molecular weight excluding hydrogens is 806 g/mol. The van der Waals surface area contributed by atoms with Crippen molar-refractivity contribution in [3.8, 4) is 0 Å². The second kappa shape index (κ2) is 27.7. The summed E-state index contributed by atoms with van der Waals surface area (Å²) in [5.41, 5.74) is 6.30. The second-order valence-corrected chi connectivity index (χ2v) is 16.4. The van der Waals surface area contributed by atoms with Crippen LogP contribution in [0.1, 0.15) is 136 Å². The van der Waals surface area contributed by atoms with Gasteiger partial charge in [-0.2, -0.15) is 67.0 Å². The minimum Gasteiger partial charge on any atom is -0.658 e. The third-order valence-corrected chi connectivity index (χ3v) is 7.91. The van der Waals surface area contributed by atoms with E-state index >= 15 is 0 Å². The fraction of sp³-hybridized carbons (Fsp3) is 0.789. The van der Waals surface area contributed by atoms with Crippen LogP contribution in [0, 0.1) is 0 Å². The van der Waals surface area contributed by atoms with Gasteiger partial charge in [-0.05, 0) is 81.1 Å². The normalized spacial score (nSPS) is 21.5. The summed E-state index contributed by atoms with van der Waals surface area (Å²) in [5, 5.41) is 84.2. The first kappa shape index (κ1) is 58.3. The molecule has 0 unspecified atom stereocenters. The summed E-state index contributed by atoms with van der Waals surface area (Å²) in [4.78, 5) is 0. The molecule has 16 nitrogen and oxygen atoms in total. The molecule has 4 N–H and O–H groups in total. The van der Waals surface area contributed by atoms with Crippen LogP contribution >= 0.6 is 0 Å². The van der Waals surface area contributed by atoms with Gasteiger partial charge in [-0.15, -0.1) is 22.2 Å². The Hall–Kier alpha value is -1.97. The van der Waals surface area contributed by atoms with Crippen molar-refractivity contribution >= 4 is 45.7 Å². The van der Waals surface area contributed by atoms with Crippen LogP contribution in [-0.4, -0.2) is 127 Å². The van der Waals surface area contributed by atoms with E-state index in [1.54, 1.807) is 0 Å². The molecule has 18 heteroatoms. The van der Waals surface area contributed by atoms with Gasteiger partial charge in [-0.1, -0.05) is 55.4 Å². The van der Waals surface area contributed by atoms with E-state index in [2.05, 4.69) is 96.2 Å². The van der Waals surface area contributed by atoms with Gasteiger partial charge in [0.05, 0.1) is 22.8 Å². The Balaban J connectivity index is -0.000000848. The molecule has 56 heavy (non-hydrogen) atoms. The molecule has 2 rings (SSSR count). The maximum atomic E-state index is 7.69. The molecule has 2 aliphatic rings. The Morgan fingerprint density at radius 3 is 0.661 bits per heavy atom. The van der Waals surface area contributed by atoms with Crippen LogP contribution in [0.5, 0.6) is 0 Å². The number of nitrogens with zero attached hydrogens (tertiary/aromatic N) is 12. The summed E-state index contributed by atoms with van der Waals surface area (Å²) >= 11 is 0. The number of rotatable bonds is 1. The maximum Gasteiger partial charge on any atom is 3.00 e. The first-order valence-electron chi connectivity index (χ1n) is 18.4. The third-order valence-electron chi connectivity index (χ3n) is 7.91. The maximum absolute atomic E-state index is 7.69. The molecule has 0 aliphatic carbocycles. The van der Waals surface area contributed by atoms with E-state index in [1.807, 2.05) is 55.4 Å². The molecule has 2 aliphatic heterocycles. The Labute approximate surface area is 357 Å². The zero-order valence-electron chi connectivity index (χ0n) is 36.6. The first-order chi connectivity index (χ1) is 24.7. The molecule has 0 aromatic carbocycles. The van der Waals surface area contributed by atoms with Gasteiger partial charge in [0.1, 0.15) is 0 Å². The van der Waals surface area contributed by atoms with Gasteiger partial charge in [0.25, 0.3) is 0 Å². The molecule has 0 spiro atoms. The van der Waals surface area contributed by atoms with Crippen molar-refractivity contribution in [1.29, 1.82) is 0 Å². The van der Waals surface area contributed by atoms with Crippen LogP contribution in [0.4, 0.5) is 0 Å². The van der Waals surface area contributed by atoms with Crippen molar-refractivity contribution in [3.05, 3.63) is 21.3 Å². The van der Waals surface area contributed by atoms with Crippen molar-refractivity contribution < 1.29 is 53.4 Å². The molecule has 0 bridgehead atoms. The Morgan fingerprint density at radius 2 is 0.518 bits per heavy atom. The average Bonchev–Trinajstić information content (AvgIpc) is 3.03. The summed E-state index contributed by atoms with van der Waals surface area (Å²) in [6.07, 6.45) is -0.960. The van der Waals surface area contributed by atoms with Crippen LogP contribution in [0.3, 0.4) is 0 Å². The molecule has 0 fully saturated rings. The van der Waals surface area contributed by atoms with Gasteiger partial charge in [0.15, 0.2) is 0 Å². The second-order valence-electron chi connectivity index (χ2n) is 16.4. The molecule has 324 valence electrons. The van der Waals surface area contributed by atoms with Crippen molar-refractivity contribution in [2.45, 2.75) is 171 Å². The van der Waals surface area contributed by atoms with Crippen molar-refractivity contribution in [3.63, 3.8) is 0 Å². The van der Waals surface area contributed by atoms with Gasteiger partial charge in [-0.3, -0.25) is 0 Å². The van der Waals surface area contributed by atoms with Gasteiger partial charge < -0.3 is 41.7 Å². The summed E-state index contributed by atoms with van der Waals surface area (Å²) in [6, 6.07) is 0. The molecule has 0 saturated heterocycles. The van der Waals surface area contributed by atoms with E-state index in [-0.39, 0.29) is 55.1 Å². The number of hydrogen-bond donors (Lipinski definition) is 4. The molecule has 0 aromatic rings. The van der Waals surface area contributed by atoms with Crippen LogP contribution in [0.15, 0.2) is 40.8 Å². The van der Waals surface area contributed by atoms with E-state index in [0.717, 1.165) is 97.6 Å². The Morgan fingerprint density at radius 1 is 0.357 bits per heavy atom. The molecule has 0 amide bonds. The zero-order valence-corrected chi connectivity index (χ0v) is 38.6. The number of aliphatic hydroxyl groups is 4. The van der Waals surface area contributed by atoms with E-state index in [9.17, 15) is 0 Å². The molecular formula is C38H70N12Ni2O4+2. The van der Waals surface area contributed by atoms with Crippen LogP contribution in [0.2, 0.25) is 0 Å². The summed E-state index contributed by atoms with van der Waals surface area (Å²) < 4.78 is 0. The summed E-state index contributed by atoms with van der Waals surface area (Å²) in [5.74, 6) is 0. The molecule has 0 aromatic heterocycles. The van der Waals surface area contributed by atoms with E-state index in [4.69, 9.17) is 41.7 Å². The molecule has 2 heterocycles. The smallest absolute Gasteiger partial charge is 0.658 e. The Bertz CT molecular complexity index is 1230. The van der Waals surface area contributed by atoms with E-state index < -0.39 is 12.6 Å². The average molecular weight is 876 g/mol. The molecule has 2 radical (unpaired) electrons. The largest absolute Gasteiger partial charge is 3.00 e. The number of hydrogen-bond acceptors (Lipinski definition) is 12. The third kappa shape index (κ3) is 29.3. The summed E-state index contributed by atoms with van der Waals surface area (Å²) in [6.45, 7) is 35.4. The SMILES string of the molecule is CC1=NN=C(C)C(C)=NN=C(C)CC(C)(C)[N-]CC[N-]C(C)(C)C1.CC1=NN=C(C)C(C)=NN=C(C)CC(C)(C)[N-]CC[N-]C(C)(C)C1.OC(O)C(O)O.[Ni+3].[Ni+3]. The number of aliphatic hydroxyl groups excluding tert-OH is 2. The van der Waals surface area contributed by atoms with Crippen molar-refractivity contribution in [1.82, 2.24) is 0 Å². The standard InChI is InChI=1S/2C18H32N6.C2H6O4.2Ni/c2*1-13-11-17(5,6)19-9-10-20-18(7,8)12-14(2)22-24-16(4)15(3)23-21-13;3-1(4)2(5)6;;/h2*9-12H2,1-8H3;1-6H;;/q2*-2;;2*+3. The minimum atomic E-state index is -2.04. The summed E-state index contributed by atoms with van der Waals surface area (Å²) in [7, 11) is 0. The van der Waals surface area contributed by atoms with E-state index in [1.165, 1.54) is 0 Å². The zero-order chi connectivity index (χ0) is 41.9. The Kier molecular flexibility index (Phi) is 28.8. The predicted molar refractivity (Wildman–Crippen MR) is 229 cm³/mol. The minimum absolute atomic E-state index is 0. The molecule has 0 saturated carbocycles. The van der Waals surface area contributed by atoms with E-state index in [0.29, 0.717) is 0 Å². The van der Waals surface area contributed by atoms with Crippen molar-refractivity contribution in [2.75, 3.05) is 26.2 Å². The molecule has 0 atom stereocenters. The monoisotopic (exact) mass is 874 g/mol. The fourth-order valence-electron chi connectivity index (χ4n) is 5.21. The van der Waals surface area contributed by atoms with Gasteiger partial charge in [-0.25, -0.2) is 0 Å². The first-order valence-corrected chi connectivity index (χ1v) is 18.4. The van der Waals surface area contributed by atoms with Crippen LogP contribution < -0.4 is 0 Å². The van der Waals surface area contributed by atoms with Gasteiger partial charge in [0.2, 0.25) is 12.6 Å². The fourth-order valence-corrected chi connectivity index (χ4v) is 5.21. The predicted octanol–water partition coefficient (Wildman–Crippen LogP) is 7.12.